The normalized spacial score (nSPS) is 15.1. The lowest BCUT2D eigenvalue weighted by atomic mass is 9.89. The number of amides is 2. The Kier molecular flexibility index (Phi) is 4.90. The molecule has 0 bridgehead atoms. The van der Waals surface area contributed by atoms with Crippen LogP contribution < -0.4 is 9.73 Å². The zero-order chi connectivity index (χ0) is 16.3. The van der Waals surface area contributed by atoms with E-state index < -0.39 is 5.41 Å². The lowest BCUT2D eigenvalue weighted by molar-refractivity contribution is -0.125. The predicted octanol–water partition coefficient (Wildman–Crippen LogP) is 2.91. The molecule has 0 saturated carbocycles. The van der Waals surface area contributed by atoms with Gasteiger partial charge in [0.25, 0.3) is 0 Å². The second kappa shape index (κ2) is 6.52. The number of hydrazone groups is 1. The minimum Gasteiger partial charge on any atom is -0.273 e. The van der Waals surface area contributed by atoms with Gasteiger partial charge in [-0.15, -0.1) is 0 Å². The highest BCUT2D eigenvalue weighted by molar-refractivity contribution is 7.82. The van der Waals surface area contributed by atoms with Gasteiger partial charge in [0.05, 0.1) is 11.4 Å². The van der Waals surface area contributed by atoms with Gasteiger partial charge in [0.2, 0.25) is 11.8 Å². The molecule has 2 rings (SSSR count). The molecule has 0 unspecified atom stereocenters. The fourth-order valence-electron chi connectivity index (χ4n) is 2.03. The topological polar surface area (TPSA) is 61.8 Å². The fourth-order valence-corrected chi connectivity index (χ4v) is 2.44. The summed E-state index contributed by atoms with van der Waals surface area (Å²) in [5, 5.41) is 4.06. The van der Waals surface area contributed by atoms with Gasteiger partial charge in [0, 0.05) is 18.3 Å². The van der Waals surface area contributed by atoms with Gasteiger partial charge in [-0.2, -0.15) is 5.10 Å². The first-order valence-corrected chi connectivity index (χ1v) is 7.74. The van der Waals surface area contributed by atoms with Crippen LogP contribution in [0.3, 0.4) is 0 Å². The van der Waals surface area contributed by atoms with Crippen molar-refractivity contribution in [2.75, 3.05) is 4.31 Å². The SMILES string of the molecule is CCC(C)(C)C(=O)N(S)c1ccc(C2=NNC(=O)CC2)cc1. The molecule has 1 aromatic carbocycles. The Bertz CT molecular complexity index is 608. The molecule has 0 aromatic heterocycles. The Morgan fingerprint density at radius 1 is 1.32 bits per heavy atom. The van der Waals surface area contributed by atoms with Gasteiger partial charge in [-0.3, -0.25) is 13.9 Å². The van der Waals surface area contributed by atoms with Gasteiger partial charge in [-0.25, -0.2) is 5.43 Å². The Labute approximate surface area is 136 Å². The number of benzene rings is 1. The van der Waals surface area contributed by atoms with Gasteiger partial charge >= 0.3 is 0 Å². The highest BCUT2D eigenvalue weighted by Crippen LogP contribution is 2.28. The zero-order valence-corrected chi connectivity index (χ0v) is 14.0. The number of hydrogen-bond acceptors (Lipinski definition) is 4. The van der Waals surface area contributed by atoms with Crippen molar-refractivity contribution in [3.8, 4) is 0 Å². The molecular formula is C16H21N3O2S. The largest absolute Gasteiger partial charge is 0.273 e. The van der Waals surface area contributed by atoms with Crippen molar-refractivity contribution in [3.05, 3.63) is 29.8 Å². The molecule has 6 heteroatoms. The fraction of sp³-hybridized carbons (Fsp3) is 0.438. The van der Waals surface area contributed by atoms with Gasteiger partial charge < -0.3 is 0 Å². The quantitative estimate of drug-likeness (QED) is 0.838. The Morgan fingerprint density at radius 3 is 2.45 bits per heavy atom. The van der Waals surface area contributed by atoms with Crippen LogP contribution >= 0.6 is 12.8 Å². The smallest absolute Gasteiger partial charge is 0.242 e. The molecule has 5 nitrogen and oxygen atoms in total. The van der Waals surface area contributed by atoms with Gasteiger partial charge in [-0.05, 0) is 24.1 Å². The van der Waals surface area contributed by atoms with Crippen molar-refractivity contribution in [1.82, 2.24) is 5.43 Å². The van der Waals surface area contributed by atoms with Crippen molar-refractivity contribution in [2.24, 2.45) is 10.5 Å². The van der Waals surface area contributed by atoms with Crippen molar-refractivity contribution in [2.45, 2.75) is 40.0 Å². The van der Waals surface area contributed by atoms with E-state index in [1.165, 1.54) is 4.31 Å². The van der Waals surface area contributed by atoms with Crippen molar-refractivity contribution >= 4 is 36.0 Å². The van der Waals surface area contributed by atoms with Crippen LogP contribution in [-0.4, -0.2) is 17.5 Å². The van der Waals surface area contributed by atoms with Crippen LogP contribution in [0.5, 0.6) is 0 Å². The van der Waals surface area contributed by atoms with E-state index >= 15 is 0 Å². The first-order valence-electron chi connectivity index (χ1n) is 7.34. The first kappa shape index (κ1) is 16.5. The number of nitrogens with zero attached hydrogens (tertiary/aromatic N) is 2. The first-order chi connectivity index (χ1) is 10.3. The summed E-state index contributed by atoms with van der Waals surface area (Å²) < 4.78 is 1.39. The predicted molar refractivity (Wildman–Crippen MR) is 90.9 cm³/mol. The van der Waals surface area contributed by atoms with E-state index in [2.05, 4.69) is 23.3 Å². The number of carbonyl (C=O) groups is 2. The van der Waals surface area contributed by atoms with Crippen LogP contribution in [0.25, 0.3) is 0 Å². The van der Waals surface area contributed by atoms with Crippen molar-refractivity contribution < 1.29 is 9.59 Å². The van der Waals surface area contributed by atoms with Gasteiger partial charge in [0.1, 0.15) is 0 Å². The molecule has 1 aromatic rings. The highest BCUT2D eigenvalue weighted by atomic mass is 32.1. The van der Waals surface area contributed by atoms with Crippen LogP contribution in [0.4, 0.5) is 5.69 Å². The number of anilines is 1. The molecule has 1 heterocycles. The molecule has 118 valence electrons. The van der Waals surface area contributed by atoms with Crippen LogP contribution in [0, 0.1) is 5.41 Å². The monoisotopic (exact) mass is 319 g/mol. The van der Waals surface area contributed by atoms with E-state index in [-0.39, 0.29) is 11.8 Å². The molecule has 22 heavy (non-hydrogen) atoms. The third-order valence-electron chi connectivity index (χ3n) is 4.00. The Balaban J connectivity index is 2.15. The summed E-state index contributed by atoms with van der Waals surface area (Å²) in [6.45, 7) is 5.80. The maximum absolute atomic E-state index is 12.4. The van der Waals surface area contributed by atoms with E-state index in [9.17, 15) is 9.59 Å². The minimum atomic E-state index is -0.446. The van der Waals surface area contributed by atoms with E-state index in [4.69, 9.17) is 0 Å². The van der Waals surface area contributed by atoms with E-state index in [0.29, 0.717) is 12.8 Å². The zero-order valence-electron chi connectivity index (χ0n) is 13.1. The van der Waals surface area contributed by atoms with Crippen molar-refractivity contribution in [1.29, 1.82) is 0 Å². The number of rotatable bonds is 4. The summed E-state index contributed by atoms with van der Waals surface area (Å²) in [6, 6.07) is 7.46. The lowest BCUT2D eigenvalue weighted by Gasteiger charge is -2.27. The van der Waals surface area contributed by atoms with E-state index in [1.807, 2.05) is 45.0 Å². The molecule has 0 fully saturated rings. The minimum absolute atomic E-state index is 0.0339. The maximum Gasteiger partial charge on any atom is 0.242 e. The maximum atomic E-state index is 12.4. The summed E-state index contributed by atoms with van der Waals surface area (Å²) in [5.41, 5.74) is 4.54. The molecule has 0 spiro atoms. The summed E-state index contributed by atoms with van der Waals surface area (Å²) in [5.74, 6) is -0.0948. The molecule has 0 atom stereocenters. The molecule has 1 aliphatic heterocycles. The summed E-state index contributed by atoms with van der Waals surface area (Å²) in [6.07, 6.45) is 1.82. The lowest BCUT2D eigenvalue weighted by Crippen LogP contribution is -2.35. The molecule has 2 amide bonds. The molecule has 0 aliphatic carbocycles. The standard InChI is InChI=1S/C16H21N3O2S/c1-4-16(2,3)15(21)19(22)12-7-5-11(6-8-12)13-9-10-14(20)18-17-13/h5-8,22H,4,9-10H2,1-3H3,(H,18,20). The van der Waals surface area contributed by atoms with Crippen molar-refractivity contribution in [3.63, 3.8) is 0 Å². The number of nitrogens with one attached hydrogen (secondary N) is 1. The van der Waals surface area contributed by atoms with E-state index in [1.54, 1.807) is 0 Å². The number of thiol groups is 1. The second-order valence-electron chi connectivity index (χ2n) is 5.99. The van der Waals surface area contributed by atoms with Gasteiger partial charge in [0.15, 0.2) is 0 Å². The Morgan fingerprint density at radius 2 is 1.95 bits per heavy atom. The number of carbonyl (C=O) groups excluding carboxylic acids is 2. The van der Waals surface area contributed by atoms with Crippen LogP contribution in [-0.2, 0) is 9.59 Å². The average Bonchev–Trinajstić information content (AvgIpc) is 2.54. The molecule has 0 saturated heterocycles. The van der Waals surface area contributed by atoms with E-state index in [0.717, 1.165) is 23.4 Å². The molecular weight excluding hydrogens is 298 g/mol. The highest BCUT2D eigenvalue weighted by Gasteiger charge is 2.29. The Hall–Kier alpha value is -1.82. The summed E-state index contributed by atoms with van der Waals surface area (Å²) in [4.78, 5) is 23.5. The third-order valence-corrected chi connectivity index (χ3v) is 4.42. The second-order valence-corrected chi connectivity index (χ2v) is 6.39. The summed E-state index contributed by atoms with van der Waals surface area (Å²) >= 11 is 4.33. The van der Waals surface area contributed by atoms with Crippen LogP contribution in [0.1, 0.15) is 45.6 Å². The summed E-state index contributed by atoms with van der Waals surface area (Å²) in [7, 11) is 0. The van der Waals surface area contributed by atoms with Crippen LogP contribution in [0.15, 0.2) is 29.4 Å². The molecule has 1 aliphatic rings. The third kappa shape index (κ3) is 3.50. The molecule has 0 radical (unpaired) electrons. The van der Waals surface area contributed by atoms with Crippen LogP contribution in [0.2, 0.25) is 0 Å². The average molecular weight is 319 g/mol. The number of hydrogen-bond donors (Lipinski definition) is 2. The van der Waals surface area contributed by atoms with Gasteiger partial charge in [-0.1, -0.05) is 45.7 Å². The molecule has 1 N–H and O–H groups in total.